The minimum atomic E-state index is -0.698. The van der Waals surface area contributed by atoms with Gasteiger partial charge in [-0.3, -0.25) is 9.59 Å². The molecule has 0 atom stereocenters. The van der Waals surface area contributed by atoms with E-state index in [1.54, 1.807) is 11.0 Å². The van der Waals surface area contributed by atoms with Crippen LogP contribution in [0.3, 0.4) is 0 Å². The second kappa shape index (κ2) is 8.14. The molecule has 2 saturated carbocycles. The molecule has 2 N–H and O–H groups in total. The molecule has 3 aliphatic rings. The number of likely N-dealkylation sites (N-methyl/N-ethyl adjacent to an activating group) is 1. The van der Waals surface area contributed by atoms with Gasteiger partial charge in [0, 0.05) is 41.2 Å². The lowest BCUT2D eigenvalue weighted by atomic mass is 9.87. The van der Waals surface area contributed by atoms with Gasteiger partial charge in [0.05, 0.1) is 12.8 Å². The average Bonchev–Trinajstić information content (AvgIpc) is 3.78. The summed E-state index contributed by atoms with van der Waals surface area (Å²) in [6.07, 6.45) is 3.95. The number of amides is 2. The fraction of sp³-hybridized carbons (Fsp3) is 0.393. The van der Waals surface area contributed by atoms with E-state index in [0.29, 0.717) is 17.8 Å². The average molecular weight is 504 g/mol. The molecule has 1 spiro atoms. The minimum Gasteiger partial charge on any atom is -0.494 e. The van der Waals surface area contributed by atoms with E-state index in [1.807, 2.05) is 12.1 Å². The molecule has 1 aliphatic heterocycles. The van der Waals surface area contributed by atoms with Crippen LogP contribution in [0.4, 0.5) is 10.1 Å². The van der Waals surface area contributed by atoms with Crippen molar-refractivity contribution < 1.29 is 18.7 Å². The molecule has 0 bridgehead atoms. The molecule has 2 aliphatic carbocycles. The molecule has 37 heavy (non-hydrogen) atoms. The fourth-order valence-corrected chi connectivity index (χ4v) is 5.90. The highest BCUT2D eigenvalue weighted by atomic mass is 19.1. The summed E-state index contributed by atoms with van der Waals surface area (Å²) in [6.45, 7) is 1.44. The normalized spacial score (nSPS) is 18.7. The van der Waals surface area contributed by atoms with E-state index in [-0.39, 0.29) is 28.5 Å². The fourth-order valence-electron chi connectivity index (χ4n) is 5.90. The van der Waals surface area contributed by atoms with E-state index in [0.717, 1.165) is 37.9 Å². The molecule has 6 rings (SSSR count). The number of anilines is 1. The van der Waals surface area contributed by atoms with E-state index in [9.17, 15) is 14.0 Å². The molecule has 2 fully saturated rings. The van der Waals surface area contributed by atoms with Crippen LogP contribution in [-0.2, 0) is 10.8 Å². The monoisotopic (exact) mass is 503 g/mol. The van der Waals surface area contributed by atoms with Crippen LogP contribution in [0.25, 0.3) is 5.69 Å². The van der Waals surface area contributed by atoms with Gasteiger partial charge in [-0.1, -0.05) is 12.1 Å². The Hall–Kier alpha value is -3.72. The summed E-state index contributed by atoms with van der Waals surface area (Å²) in [4.78, 5) is 30.4. The highest BCUT2D eigenvalue weighted by molar-refractivity contribution is 6.10. The van der Waals surface area contributed by atoms with Crippen molar-refractivity contribution in [2.75, 3.05) is 39.2 Å². The Balaban J connectivity index is 1.42. The lowest BCUT2D eigenvalue weighted by molar-refractivity contribution is 0.0966. The maximum Gasteiger partial charge on any atom is 0.277 e. The van der Waals surface area contributed by atoms with Crippen molar-refractivity contribution in [2.45, 2.75) is 36.5 Å². The molecule has 2 aromatic carbocycles. The first kappa shape index (κ1) is 23.7. The predicted molar refractivity (Wildman–Crippen MR) is 137 cm³/mol. The largest absolute Gasteiger partial charge is 0.494 e. The zero-order valence-electron chi connectivity index (χ0n) is 21.3. The van der Waals surface area contributed by atoms with Gasteiger partial charge in [-0.2, -0.15) is 5.10 Å². The molecule has 8 nitrogen and oxygen atoms in total. The van der Waals surface area contributed by atoms with Crippen molar-refractivity contribution in [1.82, 2.24) is 14.7 Å². The number of primary amides is 1. The number of nitrogens with zero attached hydrogens (tertiary/aromatic N) is 4. The van der Waals surface area contributed by atoms with E-state index < -0.39 is 17.1 Å². The van der Waals surface area contributed by atoms with Crippen LogP contribution in [0.15, 0.2) is 42.5 Å². The summed E-state index contributed by atoms with van der Waals surface area (Å²) >= 11 is 0. The van der Waals surface area contributed by atoms with E-state index in [2.05, 4.69) is 36.2 Å². The first-order chi connectivity index (χ1) is 17.7. The smallest absolute Gasteiger partial charge is 0.277 e. The van der Waals surface area contributed by atoms with Crippen LogP contribution < -0.4 is 15.4 Å². The van der Waals surface area contributed by atoms with Crippen molar-refractivity contribution in [3.05, 3.63) is 70.8 Å². The Labute approximate surface area is 214 Å². The summed E-state index contributed by atoms with van der Waals surface area (Å²) in [6, 6.07) is 12.6. The number of halogens is 1. The molecule has 2 heterocycles. The van der Waals surface area contributed by atoms with Crippen LogP contribution >= 0.6 is 0 Å². The van der Waals surface area contributed by atoms with Gasteiger partial charge in [0.2, 0.25) is 0 Å². The summed E-state index contributed by atoms with van der Waals surface area (Å²) in [5.41, 5.74) is 8.82. The van der Waals surface area contributed by atoms with Crippen molar-refractivity contribution in [3.8, 4) is 11.4 Å². The van der Waals surface area contributed by atoms with E-state index >= 15 is 0 Å². The van der Waals surface area contributed by atoms with E-state index in [1.165, 1.54) is 29.5 Å². The van der Waals surface area contributed by atoms with Gasteiger partial charge >= 0.3 is 0 Å². The minimum absolute atomic E-state index is 0.0754. The lowest BCUT2D eigenvalue weighted by Gasteiger charge is -2.34. The number of carbonyl (C=O) groups excluding carboxylic acids is 2. The number of carbonyl (C=O) groups is 2. The van der Waals surface area contributed by atoms with Gasteiger partial charge in [0.1, 0.15) is 5.69 Å². The molecule has 192 valence electrons. The number of fused-ring (bicyclic) bond motifs is 2. The van der Waals surface area contributed by atoms with Gasteiger partial charge in [0.25, 0.3) is 11.8 Å². The van der Waals surface area contributed by atoms with Gasteiger partial charge in [-0.25, -0.2) is 9.07 Å². The maximum atomic E-state index is 14.6. The van der Waals surface area contributed by atoms with Gasteiger partial charge in [-0.05, 0) is 69.6 Å². The van der Waals surface area contributed by atoms with Gasteiger partial charge in [-0.15, -0.1) is 0 Å². The number of ether oxygens (including phenoxy) is 1. The molecule has 3 aromatic rings. The number of hydrogen-bond acceptors (Lipinski definition) is 5. The second-order valence-corrected chi connectivity index (χ2v) is 10.9. The molecule has 0 radical (unpaired) electrons. The number of methoxy groups -OCH3 is 1. The Morgan fingerprint density at radius 2 is 1.78 bits per heavy atom. The maximum absolute atomic E-state index is 14.6. The number of benzene rings is 2. The standard InChI is InChI=1S/C28H30FN5O3/c1-32(2)15-27(10-11-27)17-4-6-18(7-5-17)33-16-28(12-13-28)22-23(25(30)35)31-34(24(22)26(33)36)19-8-9-21(37-3)20(29)14-19/h4-9,14H,10-13,15-16H2,1-3H3,(H2,30,35). The summed E-state index contributed by atoms with van der Waals surface area (Å²) < 4.78 is 21.0. The van der Waals surface area contributed by atoms with Gasteiger partial charge < -0.3 is 20.3 Å². The third-order valence-corrected chi connectivity index (χ3v) is 8.05. The first-order valence-corrected chi connectivity index (χ1v) is 12.5. The second-order valence-electron chi connectivity index (χ2n) is 10.9. The Bertz CT molecular complexity index is 1420. The third-order valence-electron chi connectivity index (χ3n) is 8.05. The highest BCUT2D eigenvalue weighted by Gasteiger charge is 2.56. The van der Waals surface area contributed by atoms with Crippen LogP contribution in [-0.4, -0.2) is 60.8 Å². The molecule has 9 heteroatoms. The Morgan fingerprint density at radius 3 is 2.32 bits per heavy atom. The molecule has 0 saturated heterocycles. The Morgan fingerprint density at radius 1 is 1.11 bits per heavy atom. The first-order valence-electron chi connectivity index (χ1n) is 12.5. The molecular formula is C28H30FN5O3. The Kier molecular flexibility index (Phi) is 5.21. The van der Waals surface area contributed by atoms with Crippen molar-refractivity contribution >= 4 is 17.5 Å². The van der Waals surface area contributed by atoms with Crippen molar-refractivity contribution in [3.63, 3.8) is 0 Å². The van der Waals surface area contributed by atoms with Crippen molar-refractivity contribution in [2.24, 2.45) is 5.73 Å². The topological polar surface area (TPSA) is 93.7 Å². The van der Waals surface area contributed by atoms with Crippen LogP contribution in [0.2, 0.25) is 0 Å². The molecule has 1 aromatic heterocycles. The molecule has 0 unspecified atom stereocenters. The third kappa shape index (κ3) is 3.71. The summed E-state index contributed by atoms with van der Waals surface area (Å²) in [7, 11) is 5.56. The zero-order chi connectivity index (χ0) is 26.1. The van der Waals surface area contributed by atoms with Crippen LogP contribution in [0.5, 0.6) is 5.75 Å². The van der Waals surface area contributed by atoms with Crippen LogP contribution in [0.1, 0.15) is 57.8 Å². The van der Waals surface area contributed by atoms with E-state index in [4.69, 9.17) is 10.5 Å². The van der Waals surface area contributed by atoms with Crippen molar-refractivity contribution in [1.29, 1.82) is 0 Å². The zero-order valence-corrected chi connectivity index (χ0v) is 21.3. The lowest BCUT2D eigenvalue weighted by Crippen LogP contribution is -2.44. The number of nitrogens with two attached hydrogens (primary N) is 1. The predicted octanol–water partition coefficient (Wildman–Crippen LogP) is 3.40. The quantitative estimate of drug-likeness (QED) is 0.534. The number of hydrogen-bond donors (Lipinski definition) is 1. The summed E-state index contributed by atoms with van der Waals surface area (Å²) in [5.74, 6) is -1.50. The number of aromatic nitrogens is 2. The number of rotatable bonds is 7. The molecule has 2 amide bonds. The SMILES string of the molecule is COc1ccc(-n2nc(C(N)=O)c3c2C(=O)N(c2ccc(C4(CN(C)C)CC4)cc2)CC32CC2)cc1F. The molecular weight excluding hydrogens is 473 g/mol. The van der Waals surface area contributed by atoms with Gasteiger partial charge in [0.15, 0.2) is 17.3 Å². The highest BCUT2D eigenvalue weighted by Crippen LogP contribution is 2.55. The summed E-state index contributed by atoms with van der Waals surface area (Å²) in [5, 5.41) is 4.44. The van der Waals surface area contributed by atoms with Crippen LogP contribution in [0, 0.1) is 5.82 Å².